The highest BCUT2D eigenvalue weighted by atomic mass is 32.1. The lowest BCUT2D eigenvalue weighted by Crippen LogP contribution is -2.14. The Hall–Kier alpha value is -1.30. The van der Waals surface area contributed by atoms with Crippen LogP contribution >= 0.6 is 22.7 Å². The van der Waals surface area contributed by atoms with Gasteiger partial charge in [0.1, 0.15) is 10.0 Å². The van der Waals surface area contributed by atoms with Crippen molar-refractivity contribution in [1.82, 2.24) is 15.5 Å². The van der Waals surface area contributed by atoms with Gasteiger partial charge in [-0.15, -0.1) is 21.5 Å². The lowest BCUT2D eigenvalue weighted by molar-refractivity contribution is 0.679. The second kappa shape index (κ2) is 4.67. The van der Waals surface area contributed by atoms with Gasteiger partial charge >= 0.3 is 0 Å². The Kier molecular flexibility index (Phi) is 2.83. The SMILES string of the molecule is c1ccc2c(-c3nnc(CNC4CC4)s3)csc2c1. The fraction of sp³-hybridized carbons (Fsp3) is 0.286. The zero-order chi connectivity index (χ0) is 12.7. The predicted molar refractivity (Wildman–Crippen MR) is 80.6 cm³/mol. The molecule has 1 saturated carbocycles. The fourth-order valence-corrected chi connectivity index (χ4v) is 3.94. The van der Waals surface area contributed by atoms with E-state index in [1.807, 2.05) is 0 Å². The molecule has 2 heterocycles. The molecule has 0 saturated heterocycles. The highest BCUT2D eigenvalue weighted by Gasteiger charge is 2.21. The maximum absolute atomic E-state index is 4.34. The lowest BCUT2D eigenvalue weighted by Gasteiger charge is -1.95. The van der Waals surface area contributed by atoms with Crippen LogP contribution in [0.3, 0.4) is 0 Å². The average Bonchev–Trinajstić information content (AvgIpc) is 3.00. The standard InChI is InChI=1S/C14H13N3S2/c1-2-4-12-10(3-1)11(8-18-12)14-17-16-13(19-14)7-15-9-5-6-9/h1-4,8-9,15H,5-7H2. The van der Waals surface area contributed by atoms with Gasteiger partial charge < -0.3 is 5.32 Å². The summed E-state index contributed by atoms with van der Waals surface area (Å²) in [6.07, 6.45) is 2.61. The summed E-state index contributed by atoms with van der Waals surface area (Å²) in [5.41, 5.74) is 1.22. The van der Waals surface area contributed by atoms with Crippen LogP contribution in [0.25, 0.3) is 20.7 Å². The number of hydrogen-bond donors (Lipinski definition) is 1. The molecule has 5 heteroatoms. The van der Waals surface area contributed by atoms with E-state index in [-0.39, 0.29) is 0 Å². The quantitative estimate of drug-likeness (QED) is 0.795. The number of benzene rings is 1. The van der Waals surface area contributed by atoms with Gasteiger partial charge in [0.2, 0.25) is 0 Å². The molecule has 0 bridgehead atoms. The summed E-state index contributed by atoms with van der Waals surface area (Å²) in [6, 6.07) is 9.18. The largest absolute Gasteiger partial charge is 0.308 e. The van der Waals surface area contributed by atoms with E-state index in [0.717, 1.165) is 16.6 Å². The van der Waals surface area contributed by atoms with E-state index in [1.165, 1.54) is 28.5 Å². The van der Waals surface area contributed by atoms with E-state index in [4.69, 9.17) is 0 Å². The molecule has 1 fully saturated rings. The summed E-state index contributed by atoms with van der Waals surface area (Å²) in [6.45, 7) is 0.852. The van der Waals surface area contributed by atoms with E-state index in [1.54, 1.807) is 22.7 Å². The van der Waals surface area contributed by atoms with E-state index < -0.39 is 0 Å². The molecule has 1 N–H and O–H groups in total. The minimum absolute atomic E-state index is 0.717. The zero-order valence-electron chi connectivity index (χ0n) is 10.3. The molecule has 19 heavy (non-hydrogen) atoms. The van der Waals surface area contributed by atoms with Gasteiger partial charge in [-0.3, -0.25) is 0 Å². The molecule has 0 amide bonds. The van der Waals surface area contributed by atoms with Gasteiger partial charge in [-0.25, -0.2) is 0 Å². The topological polar surface area (TPSA) is 37.8 Å². The van der Waals surface area contributed by atoms with Crippen LogP contribution in [0.4, 0.5) is 0 Å². The normalized spacial score (nSPS) is 15.2. The predicted octanol–water partition coefficient (Wildman–Crippen LogP) is 3.67. The Bertz CT molecular complexity index is 712. The number of fused-ring (bicyclic) bond motifs is 1. The summed E-state index contributed by atoms with van der Waals surface area (Å²) >= 11 is 3.47. The minimum atomic E-state index is 0.717. The number of hydrogen-bond acceptors (Lipinski definition) is 5. The van der Waals surface area contributed by atoms with Crippen LogP contribution in [0.5, 0.6) is 0 Å². The Morgan fingerprint density at radius 1 is 1.21 bits per heavy atom. The minimum Gasteiger partial charge on any atom is -0.308 e. The summed E-state index contributed by atoms with van der Waals surface area (Å²) in [7, 11) is 0. The van der Waals surface area contributed by atoms with E-state index >= 15 is 0 Å². The third-order valence-corrected chi connectivity index (χ3v) is 5.22. The third-order valence-electron chi connectivity index (χ3n) is 3.30. The number of thiophene rings is 1. The number of rotatable bonds is 4. The molecular formula is C14H13N3S2. The van der Waals surface area contributed by atoms with Crippen LogP contribution < -0.4 is 5.32 Å². The van der Waals surface area contributed by atoms with Crippen molar-refractivity contribution in [3.05, 3.63) is 34.7 Å². The van der Waals surface area contributed by atoms with Crippen molar-refractivity contribution in [3.63, 3.8) is 0 Å². The zero-order valence-corrected chi connectivity index (χ0v) is 11.9. The van der Waals surface area contributed by atoms with Crippen LogP contribution in [0, 0.1) is 0 Å². The Labute approximate surface area is 119 Å². The van der Waals surface area contributed by atoms with Crippen molar-refractivity contribution in [1.29, 1.82) is 0 Å². The van der Waals surface area contributed by atoms with Crippen molar-refractivity contribution in [3.8, 4) is 10.6 Å². The first-order chi connectivity index (χ1) is 9.40. The molecular weight excluding hydrogens is 274 g/mol. The van der Waals surface area contributed by atoms with Crippen molar-refractivity contribution >= 4 is 32.8 Å². The smallest absolute Gasteiger partial charge is 0.149 e. The number of nitrogens with one attached hydrogen (secondary N) is 1. The van der Waals surface area contributed by atoms with Crippen molar-refractivity contribution < 1.29 is 0 Å². The summed E-state index contributed by atoms with van der Waals surface area (Å²) in [5, 5.41) is 17.7. The number of nitrogens with zero attached hydrogens (tertiary/aromatic N) is 2. The average molecular weight is 287 g/mol. The van der Waals surface area contributed by atoms with Gasteiger partial charge in [0.25, 0.3) is 0 Å². The molecule has 2 aromatic heterocycles. The molecule has 0 aliphatic heterocycles. The highest BCUT2D eigenvalue weighted by molar-refractivity contribution is 7.19. The van der Waals surface area contributed by atoms with Gasteiger partial charge in [0, 0.05) is 33.6 Å². The van der Waals surface area contributed by atoms with Crippen molar-refractivity contribution in [2.75, 3.05) is 0 Å². The van der Waals surface area contributed by atoms with Crippen LogP contribution in [0.2, 0.25) is 0 Å². The molecule has 0 radical (unpaired) electrons. The molecule has 96 valence electrons. The highest BCUT2D eigenvalue weighted by Crippen LogP contribution is 2.35. The van der Waals surface area contributed by atoms with Gasteiger partial charge in [-0.05, 0) is 18.9 Å². The molecule has 4 rings (SSSR count). The third kappa shape index (κ3) is 2.29. The van der Waals surface area contributed by atoms with Gasteiger partial charge in [-0.1, -0.05) is 29.5 Å². The second-order valence-electron chi connectivity index (χ2n) is 4.80. The first-order valence-electron chi connectivity index (χ1n) is 6.42. The van der Waals surface area contributed by atoms with Gasteiger partial charge in [-0.2, -0.15) is 0 Å². The molecule has 3 nitrogen and oxygen atoms in total. The monoisotopic (exact) mass is 287 g/mol. The second-order valence-corrected chi connectivity index (χ2v) is 6.77. The molecule has 1 aromatic carbocycles. The van der Waals surface area contributed by atoms with E-state index in [0.29, 0.717) is 6.04 Å². The molecule has 1 aliphatic rings. The van der Waals surface area contributed by atoms with Crippen molar-refractivity contribution in [2.24, 2.45) is 0 Å². The molecule has 0 atom stereocenters. The summed E-state index contributed by atoms with van der Waals surface area (Å²) in [5.74, 6) is 0. The van der Waals surface area contributed by atoms with Gasteiger partial charge in [0.15, 0.2) is 0 Å². The summed E-state index contributed by atoms with van der Waals surface area (Å²) < 4.78 is 1.31. The molecule has 1 aliphatic carbocycles. The van der Waals surface area contributed by atoms with E-state index in [2.05, 4.69) is 45.2 Å². The van der Waals surface area contributed by atoms with E-state index in [9.17, 15) is 0 Å². The maximum atomic E-state index is 4.34. The molecule has 0 unspecified atom stereocenters. The maximum Gasteiger partial charge on any atom is 0.149 e. The van der Waals surface area contributed by atoms with Crippen LogP contribution in [0.1, 0.15) is 17.8 Å². The Balaban J connectivity index is 1.64. The first kappa shape index (κ1) is 11.5. The number of aromatic nitrogens is 2. The molecule has 0 spiro atoms. The fourth-order valence-electron chi connectivity index (χ4n) is 2.10. The Morgan fingerprint density at radius 2 is 2.11 bits per heavy atom. The van der Waals surface area contributed by atoms with Crippen LogP contribution in [-0.2, 0) is 6.54 Å². The lowest BCUT2D eigenvalue weighted by atomic mass is 10.2. The van der Waals surface area contributed by atoms with Crippen LogP contribution in [0.15, 0.2) is 29.6 Å². The first-order valence-corrected chi connectivity index (χ1v) is 8.12. The molecule has 3 aromatic rings. The Morgan fingerprint density at radius 3 is 3.00 bits per heavy atom. The van der Waals surface area contributed by atoms with Crippen molar-refractivity contribution in [2.45, 2.75) is 25.4 Å². The summed E-state index contributed by atoms with van der Waals surface area (Å²) in [4.78, 5) is 0. The van der Waals surface area contributed by atoms with Crippen LogP contribution in [-0.4, -0.2) is 16.2 Å². The van der Waals surface area contributed by atoms with Gasteiger partial charge in [0.05, 0.1) is 0 Å².